The normalized spacial score (nSPS) is 15.1. The Morgan fingerprint density at radius 3 is 2.21 bits per heavy atom. The van der Waals surface area contributed by atoms with Gasteiger partial charge in [-0.05, 0) is 36.2 Å². The zero-order chi connectivity index (χ0) is 19.4. The molecule has 1 heterocycles. The molecule has 0 aliphatic carbocycles. The molecule has 0 bridgehead atoms. The second kappa shape index (κ2) is 10.7. The minimum atomic E-state index is -4.32. The first-order valence-electron chi connectivity index (χ1n) is 8.87. The summed E-state index contributed by atoms with van der Waals surface area (Å²) in [4.78, 5) is 16.6. The van der Waals surface area contributed by atoms with Crippen molar-refractivity contribution in [3.63, 3.8) is 0 Å². The fourth-order valence-electron chi connectivity index (χ4n) is 3.25. The molecule has 4 nitrogen and oxygen atoms in total. The van der Waals surface area contributed by atoms with E-state index in [1.807, 2.05) is 0 Å². The van der Waals surface area contributed by atoms with Crippen LogP contribution < -0.4 is 5.73 Å². The Balaban J connectivity index is 0.00000210. The predicted molar refractivity (Wildman–Crippen MR) is 113 cm³/mol. The van der Waals surface area contributed by atoms with E-state index in [0.717, 1.165) is 30.7 Å². The first-order chi connectivity index (χ1) is 12.8. The number of carbonyl (C=O) groups is 1. The highest BCUT2D eigenvalue weighted by Crippen LogP contribution is 2.29. The molecule has 2 N–H and O–H groups in total. The molecule has 29 heavy (non-hydrogen) atoms. The van der Waals surface area contributed by atoms with Gasteiger partial charge in [-0.2, -0.15) is 13.2 Å². The number of hydrogen-bond donors (Lipinski definition) is 1. The van der Waals surface area contributed by atoms with E-state index in [-0.39, 0.29) is 30.7 Å². The van der Waals surface area contributed by atoms with E-state index in [1.165, 1.54) is 12.1 Å². The highest BCUT2D eigenvalue weighted by molar-refractivity contribution is 5.99. The standard InChI is InChI=1S/C20H22F3N3O.2ClH/c21-20(22,23)16-8-6-15(7-9-16)14-25-10-3-11-26(13-12-25)19(27)17-4-1-2-5-18(17)24;;/h1-2,4-9H,3,10-14,24H2;2*1H. The average Bonchev–Trinajstić information content (AvgIpc) is 2.87. The molecule has 160 valence electrons. The van der Waals surface area contributed by atoms with Crippen LogP contribution >= 0.6 is 24.8 Å². The number of para-hydroxylation sites is 1. The fourth-order valence-corrected chi connectivity index (χ4v) is 3.25. The van der Waals surface area contributed by atoms with Crippen LogP contribution in [0.4, 0.5) is 18.9 Å². The summed E-state index contributed by atoms with van der Waals surface area (Å²) in [6.07, 6.45) is -3.51. The van der Waals surface area contributed by atoms with Crippen molar-refractivity contribution in [2.24, 2.45) is 0 Å². The number of rotatable bonds is 3. The topological polar surface area (TPSA) is 49.6 Å². The highest BCUT2D eigenvalue weighted by atomic mass is 35.5. The Bertz CT molecular complexity index is 800. The molecule has 1 aliphatic heterocycles. The number of nitrogens with two attached hydrogens (primary N) is 1. The van der Waals surface area contributed by atoms with E-state index in [1.54, 1.807) is 29.2 Å². The van der Waals surface area contributed by atoms with Gasteiger partial charge in [0.1, 0.15) is 0 Å². The van der Waals surface area contributed by atoms with E-state index in [0.29, 0.717) is 37.4 Å². The summed E-state index contributed by atoms with van der Waals surface area (Å²) >= 11 is 0. The van der Waals surface area contributed by atoms with E-state index in [4.69, 9.17) is 5.73 Å². The largest absolute Gasteiger partial charge is 0.416 e. The van der Waals surface area contributed by atoms with Crippen LogP contribution in [0, 0.1) is 0 Å². The second-order valence-electron chi connectivity index (χ2n) is 6.70. The maximum absolute atomic E-state index is 12.7. The van der Waals surface area contributed by atoms with Crippen molar-refractivity contribution in [2.45, 2.75) is 19.1 Å². The Morgan fingerprint density at radius 2 is 1.59 bits per heavy atom. The maximum atomic E-state index is 12.7. The maximum Gasteiger partial charge on any atom is 0.416 e. The molecule has 1 amide bonds. The predicted octanol–water partition coefficient (Wildman–Crippen LogP) is 4.48. The minimum Gasteiger partial charge on any atom is -0.398 e. The lowest BCUT2D eigenvalue weighted by molar-refractivity contribution is -0.137. The monoisotopic (exact) mass is 449 g/mol. The summed E-state index contributed by atoms with van der Waals surface area (Å²) in [5, 5.41) is 0. The summed E-state index contributed by atoms with van der Waals surface area (Å²) < 4.78 is 38.0. The van der Waals surface area contributed by atoms with Crippen molar-refractivity contribution in [3.8, 4) is 0 Å². The van der Waals surface area contributed by atoms with Gasteiger partial charge in [-0.1, -0.05) is 24.3 Å². The smallest absolute Gasteiger partial charge is 0.398 e. The SMILES string of the molecule is Cl.Cl.Nc1ccccc1C(=O)N1CCCN(Cc2ccc(C(F)(F)F)cc2)CC1. The van der Waals surface area contributed by atoms with Crippen LogP contribution in [0.2, 0.25) is 0 Å². The third-order valence-electron chi connectivity index (χ3n) is 4.75. The number of amides is 1. The lowest BCUT2D eigenvalue weighted by Gasteiger charge is -2.22. The summed E-state index contributed by atoms with van der Waals surface area (Å²) in [7, 11) is 0. The van der Waals surface area contributed by atoms with Gasteiger partial charge in [0.25, 0.3) is 5.91 Å². The second-order valence-corrected chi connectivity index (χ2v) is 6.70. The molecule has 0 aromatic heterocycles. The van der Waals surface area contributed by atoms with E-state index >= 15 is 0 Å². The molecule has 1 fully saturated rings. The Morgan fingerprint density at radius 1 is 0.931 bits per heavy atom. The third kappa shape index (κ3) is 6.52. The van der Waals surface area contributed by atoms with Gasteiger partial charge in [-0.3, -0.25) is 9.69 Å². The van der Waals surface area contributed by atoms with Crippen molar-refractivity contribution in [1.82, 2.24) is 9.80 Å². The van der Waals surface area contributed by atoms with Crippen LogP contribution in [-0.4, -0.2) is 41.9 Å². The van der Waals surface area contributed by atoms with Crippen LogP contribution in [0.3, 0.4) is 0 Å². The van der Waals surface area contributed by atoms with Gasteiger partial charge in [-0.25, -0.2) is 0 Å². The van der Waals surface area contributed by atoms with E-state index in [9.17, 15) is 18.0 Å². The van der Waals surface area contributed by atoms with E-state index < -0.39 is 11.7 Å². The molecule has 0 unspecified atom stereocenters. The fraction of sp³-hybridized carbons (Fsp3) is 0.350. The summed E-state index contributed by atoms with van der Waals surface area (Å²) in [5.74, 6) is -0.0792. The number of hydrogen-bond acceptors (Lipinski definition) is 3. The van der Waals surface area contributed by atoms with Crippen molar-refractivity contribution >= 4 is 36.4 Å². The van der Waals surface area contributed by atoms with Gasteiger partial charge in [0.15, 0.2) is 0 Å². The number of alkyl halides is 3. The minimum absolute atomic E-state index is 0. The van der Waals surface area contributed by atoms with Crippen molar-refractivity contribution in [1.29, 1.82) is 0 Å². The van der Waals surface area contributed by atoms with Gasteiger partial charge in [0, 0.05) is 38.4 Å². The molecule has 0 saturated carbocycles. The summed E-state index contributed by atoms with van der Waals surface area (Å²) in [6.45, 7) is 3.21. The lowest BCUT2D eigenvalue weighted by atomic mass is 10.1. The number of carbonyl (C=O) groups excluding carboxylic acids is 1. The average molecular weight is 450 g/mol. The molecule has 0 radical (unpaired) electrons. The van der Waals surface area contributed by atoms with Crippen LogP contribution in [-0.2, 0) is 12.7 Å². The Kier molecular flexibility index (Phi) is 9.26. The van der Waals surface area contributed by atoms with Gasteiger partial charge >= 0.3 is 6.18 Å². The first-order valence-corrected chi connectivity index (χ1v) is 8.87. The number of nitrogen functional groups attached to an aromatic ring is 1. The molecule has 2 aromatic carbocycles. The molecule has 2 aromatic rings. The highest BCUT2D eigenvalue weighted by Gasteiger charge is 2.30. The number of nitrogens with zero attached hydrogens (tertiary/aromatic N) is 2. The van der Waals surface area contributed by atoms with Crippen molar-refractivity contribution < 1.29 is 18.0 Å². The number of benzene rings is 2. The summed E-state index contributed by atoms with van der Waals surface area (Å²) in [5.41, 5.74) is 7.06. The molecule has 1 saturated heterocycles. The zero-order valence-corrected chi connectivity index (χ0v) is 17.3. The molecule has 3 rings (SSSR count). The van der Waals surface area contributed by atoms with Crippen LogP contribution in [0.5, 0.6) is 0 Å². The molecule has 0 atom stereocenters. The third-order valence-corrected chi connectivity index (χ3v) is 4.75. The molecular weight excluding hydrogens is 426 g/mol. The van der Waals surface area contributed by atoms with Crippen LogP contribution in [0.1, 0.15) is 27.9 Å². The zero-order valence-electron chi connectivity index (χ0n) is 15.7. The molecule has 9 heteroatoms. The Labute approximate surface area is 180 Å². The van der Waals surface area contributed by atoms with Gasteiger partial charge < -0.3 is 10.6 Å². The quantitative estimate of drug-likeness (QED) is 0.702. The molecule has 0 spiro atoms. The van der Waals surface area contributed by atoms with Crippen molar-refractivity contribution in [2.75, 3.05) is 31.9 Å². The molecule has 1 aliphatic rings. The van der Waals surface area contributed by atoms with E-state index in [2.05, 4.69) is 4.90 Å². The summed E-state index contributed by atoms with van der Waals surface area (Å²) in [6, 6.07) is 12.3. The molecular formula is C20H24Cl2F3N3O. The number of halogens is 5. The van der Waals surface area contributed by atoms with Crippen LogP contribution in [0.25, 0.3) is 0 Å². The van der Waals surface area contributed by atoms with Crippen molar-refractivity contribution in [3.05, 3.63) is 65.2 Å². The first kappa shape index (κ1) is 25.1. The van der Waals surface area contributed by atoms with Crippen LogP contribution in [0.15, 0.2) is 48.5 Å². The van der Waals surface area contributed by atoms with Gasteiger partial charge in [0.05, 0.1) is 11.1 Å². The van der Waals surface area contributed by atoms with Gasteiger partial charge in [-0.15, -0.1) is 24.8 Å². The lowest BCUT2D eigenvalue weighted by Crippen LogP contribution is -2.35. The Hall–Kier alpha value is -1.96. The van der Waals surface area contributed by atoms with Gasteiger partial charge in [0.2, 0.25) is 0 Å². The number of anilines is 1.